The lowest BCUT2D eigenvalue weighted by molar-refractivity contribution is -0.387. The van der Waals surface area contributed by atoms with Gasteiger partial charge >= 0.3 is 5.69 Å². The second kappa shape index (κ2) is 4.80. The zero-order chi connectivity index (χ0) is 14.0. The second-order valence-corrected chi connectivity index (χ2v) is 3.43. The Balaban J connectivity index is 2.36. The predicted octanol–water partition coefficient (Wildman–Crippen LogP) is 1.85. The second-order valence-electron chi connectivity index (χ2n) is 3.43. The first kappa shape index (κ1) is 12.6. The van der Waals surface area contributed by atoms with E-state index >= 15 is 0 Å². The van der Waals surface area contributed by atoms with Crippen molar-refractivity contribution in [2.45, 2.75) is 0 Å². The lowest BCUT2D eigenvalue weighted by Gasteiger charge is -2.04. The number of aromatic amines is 1. The van der Waals surface area contributed by atoms with Crippen molar-refractivity contribution in [1.29, 1.82) is 0 Å². The summed E-state index contributed by atoms with van der Waals surface area (Å²) in [6, 6.07) is 0.818. The number of carbonyl (C=O) groups is 1. The Kier molecular flexibility index (Phi) is 3.19. The molecule has 0 spiro atoms. The van der Waals surface area contributed by atoms with Crippen LogP contribution in [0.5, 0.6) is 0 Å². The minimum absolute atomic E-state index is 0.0383. The number of nitro benzene ring substituents is 1. The molecule has 98 valence electrons. The quantitative estimate of drug-likeness (QED) is 0.655. The smallest absolute Gasteiger partial charge is 0.305 e. The van der Waals surface area contributed by atoms with Crippen LogP contribution in [0.1, 0.15) is 10.4 Å². The van der Waals surface area contributed by atoms with Crippen LogP contribution in [0.3, 0.4) is 0 Å². The number of hydrogen-bond donors (Lipinski definition) is 2. The van der Waals surface area contributed by atoms with Crippen molar-refractivity contribution in [3.8, 4) is 0 Å². The fraction of sp³-hybridized carbons (Fsp3) is 0. The summed E-state index contributed by atoms with van der Waals surface area (Å²) in [6.45, 7) is 0. The van der Waals surface area contributed by atoms with Gasteiger partial charge < -0.3 is 4.98 Å². The molecule has 9 heteroatoms. The average Bonchev–Trinajstić information content (AvgIpc) is 2.81. The van der Waals surface area contributed by atoms with E-state index in [4.69, 9.17) is 0 Å². The molecule has 0 saturated carbocycles. The van der Waals surface area contributed by atoms with Crippen LogP contribution in [0.15, 0.2) is 24.5 Å². The van der Waals surface area contributed by atoms with Crippen molar-refractivity contribution in [3.05, 3.63) is 51.8 Å². The van der Waals surface area contributed by atoms with Gasteiger partial charge in [-0.1, -0.05) is 0 Å². The Morgan fingerprint density at radius 1 is 1.37 bits per heavy atom. The van der Waals surface area contributed by atoms with Crippen molar-refractivity contribution in [3.63, 3.8) is 0 Å². The molecule has 1 heterocycles. The van der Waals surface area contributed by atoms with Gasteiger partial charge in [-0.05, 0) is 0 Å². The van der Waals surface area contributed by atoms with Gasteiger partial charge in [0.2, 0.25) is 11.8 Å². The molecule has 2 rings (SSSR count). The van der Waals surface area contributed by atoms with E-state index in [0.717, 1.165) is 0 Å². The maximum Gasteiger partial charge on any atom is 0.305 e. The number of H-pyrrole nitrogens is 1. The van der Waals surface area contributed by atoms with Crippen LogP contribution >= 0.6 is 0 Å². The maximum atomic E-state index is 13.4. The van der Waals surface area contributed by atoms with Gasteiger partial charge in [-0.15, -0.1) is 0 Å². The van der Waals surface area contributed by atoms with Crippen molar-refractivity contribution < 1.29 is 18.5 Å². The number of nitro groups is 1. The zero-order valence-electron chi connectivity index (χ0n) is 9.18. The van der Waals surface area contributed by atoms with Crippen LogP contribution < -0.4 is 5.32 Å². The van der Waals surface area contributed by atoms with E-state index in [9.17, 15) is 23.7 Å². The number of imidazole rings is 1. The highest BCUT2D eigenvalue weighted by molar-refractivity contribution is 6.03. The number of aromatic nitrogens is 2. The first-order valence-electron chi connectivity index (χ1n) is 4.93. The molecule has 1 amide bonds. The SMILES string of the molecule is O=C(Nc1ncc[nH]1)c1cc([N+](=O)[O-])c(F)cc1F. The van der Waals surface area contributed by atoms with Gasteiger partial charge in [0.1, 0.15) is 5.82 Å². The molecule has 7 nitrogen and oxygen atoms in total. The summed E-state index contributed by atoms with van der Waals surface area (Å²) in [5, 5.41) is 12.7. The molecule has 0 unspecified atom stereocenters. The highest BCUT2D eigenvalue weighted by atomic mass is 19.1. The van der Waals surface area contributed by atoms with E-state index in [-0.39, 0.29) is 12.0 Å². The molecule has 0 radical (unpaired) electrons. The van der Waals surface area contributed by atoms with Gasteiger partial charge in [0.15, 0.2) is 0 Å². The molecule has 0 saturated heterocycles. The minimum Gasteiger partial charge on any atom is -0.331 e. The molecule has 0 aliphatic heterocycles. The van der Waals surface area contributed by atoms with Crippen LogP contribution in [0, 0.1) is 21.7 Å². The number of anilines is 1. The summed E-state index contributed by atoms with van der Waals surface area (Å²) in [4.78, 5) is 27.3. The van der Waals surface area contributed by atoms with Gasteiger partial charge in [-0.25, -0.2) is 9.37 Å². The maximum absolute atomic E-state index is 13.4. The fourth-order valence-corrected chi connectivity index (χ4v) is 1.36. The van der Waals surface area contributed by atoms with E-state index < -0.39 is 33.7 Å². The van der Waals surface area contributed by atoms with Gasteiger partial charge in [0.25, 0.3) is 5.91 Å². The van der Waals surface area contributed by atoms with Gasteiger partial charge in [-0.2, -0.15) is 4.39 Å². The zero-order valence-corrected chi connectivity index (χ0v) is 9.18. The summed E-state index contributed by atoms with van der Waals surface area (Å²) in [5.41, 5.74) is -1.63. The number of hydrogen-bond acceptors (Lipinski definition) is 4. The molecule has 0 aliphatic carbocycles. The standard InChI is InChI=1S/C10H6F2N4O3/c11-6-4-7(12)8(16(18)19)3-5(6)9(17)15-10-13-1-2-14-10/h1-4H,(H2,13,14,15,17). The van der Waals surface area contributed by atoms with E-state index in [1.54, 1.807) is 0 Å². The molecular weight excluding hydrogens is 262 g/mol. The number of benzene rings is 1. The Labute approximate surface area is 104 Å². The Hall–Kier alpha value is -2.84. The fourth-order valence-electron chi connectivity index (χ4n) is 1.36. The molecule has 1 aromatic heterocycles. The molecule has 0 atom stereocenters. The van der Waals surface area contributed by atoms with Crippen molar-refractivity contribution >= 4 is 17.5 Å². The number of amides is 1. The molecule has 19 heavy (non-hydrogen) atoms. The third-order valence-electron chi connectivity index (χ3n) is 2.21. The van der Waals surface area contributed by atoms with Crippen molar-refractivity contribution in [2.75, 3.05) is 5.32 Å². The van der Waals surface area contributed by atoms with E-state index in [0.29, 0.717) is 6.07 Å². The lowest BCUT2D eigenvalue weighted by atomic mass is 10.1. The number of carbonyl (C=O) groups excluding carboxylic acids is 1. The predicted molar refractivity (Wildman–Crippen MR) is 59.6 cm³/mol. The molecule has 0 fully saturated rings. The third-order valence-corrected chi connectivity index (χ3v) is 2.21. The summed E-state index contributed by atoms with van der Waals surface area (Å²) >= 11 is 0. The molecule has 1 aromatic carbocycles. The van der Waals surface area contributed by atoms with E-state index in [1.165, 1.54) is 12.4 Å². The molecule has 0 bridgehead atoms. The molecule has 2 N–H and O–H groups in total. The van der Waals surface area contributed by atoms with Gasteiger partial charge in [0.05, 0.1) is 10.5 Å². The number of nitrogens with one attached hydrogen (secondary N) is 2. The summed E-state index contributed by atoms with van der Waals surface area (Å²) in [6.07, 6.45) is 2.76. The average molecular weight is 268 g/mol. The Morgan fingerprint density at radius 2 is 2.11 bits per heavy atom. The first-order chi connectivity index (χ1) is 8.99. The summed E-state index contributed by atoms with van der Waals surface area (Å²) in [7, 11) is 0. The van der Waals surface area contributed by atoms with Crippen LogP contribution in [0.4, 0.5) is 20.4 Å². The summed E-state index contributed by atoms with van der Waals surface area (Å²) in [5.74, 6) is -3.49. The highest BCUT2D eigenvalue weighted by Crippen LogP contribution is 2.22. The Bertz CT molecular complexity index is 642. The topological polar surface area (TPSA) is 101 Å². The third kappa shape index (κ3) is 2.54. The highest BCUT2D eigenvalue weighted by Gasteiger charge is 2.22. The summed E-state index contributed by atoms with van der Waals surface area (Å²) < 4.78 is 26.5. The molecule has 0 aliphatic rings. The van der Waals surface area contributed by atoms with Gasteiger partial charge in [0, 0.05) is 24.5 Å². The lowest BCUT2D eigenvalue weighted by Crippen LogP contribution is -2.15. The number of halogens is 2. The van der Waals surface area contributed by atoms with Crippen molar-refractivity contribution in [1.82, 2.24) is 9.97 Å². The molecule has 2 aromatic rings. The minimum atomic E-state index is -1.35. The largest absolute Gasteiger partial charge is 0.331 e. The first-order valence-corrected chi connectivity index (χ1v) is 4.93. The van der Waals surface area contributed by atoms with Crippen molar-refractivity contribution in [2.24, 2.45) is 0 Å². The van der Waals surface area contributed by atoms with Crippen LogP contribution in [-0.2, 0) is 0 Å². The molecular formula is C10H6F2N4O3. The van der Waals surface area contributed by atoms with Gasteiger partial charge in [-0.3, -0.25) is 20.2 Å². The van der Waals surface area contributed by atoms with E-state index in [1.807, 2.05) is 0 Å². The Morgan fingerprint density at radius 3 is 2.68 bits per heavy atom. The van der Waals surface area contributed by atoms with E-state index in [2.05, 4.69) is 15.3 Å². The monoisotopic (exact) mass is 268 g/mol. The van der Waals surface area contributed by atoms with Crippen LogP contribution in [0.2, 0.25) is 0 Å². The van der Waals surface area contributed by atoms with Crippen LogP contribution in [-0.4, -0.2) is 20.8 Å². The normalized spacial score (nSPS) is 10.2. The number of nitrogens with zero attached hydrogens (tertiary/aromatic N) is 2. The van der Waals surface area contributed by atoms with Crippen LogP contribution in [0.25, 0.3) is 0 Å². The number of rotatable bonds is 3.